The number of hydrogen-bond acceptors (Lipinski definition) is 2. The number of carbonyl (C=O) groups is 1. The first-order valence-electron chi connectivity index (χ1n) is 5.22. The lowest BCUT2D eigenvalue weighted by molar-refractivity contribution is 0.0697. The van der Waals surface area contributed by atoms with Crippen LogP contribution in [0.2, 0.25) is 5.02 Å². The van der Waals surface area contributed by atoms with E-state index >= 15 is 0 Å². The average molecular weight is 284 g/mol. The lowest BCUT2D eigenvalue weighted by atomic mass is 10.2. The van der Waals surface area contributed by atoms with E-state index in [1.807, 2.05) is 0 Å². The number of carboxylic acids is 1. The minimum Gasteiger partial charge on any atom is -0.478 e. The smallest absolute Gasteiger partial charge is 0.335 e. The van der Waals surface area contributed by atoms with Crippen molar-refractivity contribution >= 4 is 28.9 Å². The Morgan fingerprint density at radius 3 is 2.32 bits per heavy atom. The number of benzene rings is 2. The highest BCUT2D eigenvalue weighted by atomic mass is 35.5. The van der Waals surface area contributed by atoms with Gasteiger partial charge in [0.15, 0.2) is 5.82 Å². The van der Waals surface area contributed by atoms with Crippen molar-refractivity contribution in [2.45, 2.75) is 0 Å². The van der Waals surface area contributed by atoms with Gasteiger partial charge in [-0.25, -0.2) is 13.6 Å². The molecule has 0 aliphatic heterocycles. The monoisotopic (exact) mass is 283 g/mol. The Hall–Kier alpha value is -2.14. The molecule has 0 aliphatic carbocycles. The van der Waals surface area contributed by atoms with Gasteiger partial charge in [0.2, 0.25) is 0 Å². The Kier molecular flexibility index (Phi) is 3.66. The van der Waals surface area contributed by atoms with Crippen molar-refractivity contribution in [1.82, 2.24) is 0 Å². The zero-order valence-corrected chi connectivity index (χ0v) is 10.2. The molecule has 0 saturated carbocycles. The van der Waals surface area contributed by atoms with Gasteiger partial charge in [0.1, 0.15) is 5.82 Å². The molecule has 2 rings (SSSR count). The number of nitrogens with one attached hydrogen (secondary N) is 1. The fourth-order valence-electron chi connectivity index (χ4n) is 1.50. The van der Waals surface area contributed by atoms with Crippen molar-refractivity contribution in [3.63, 3.8) is 0 Å². The number of hydrogen-bond donors (Lipinski definition) is 2. The third-order valence-electron chi connectivity index (χ3n) is 2.41. The van der Waals surface area contributed by atoms with E-state index in [-0.39, 0.29) is 16.3 Å². The van der Waals surface area contributed by atoms with E-state index in [1.165, 1.54) is 24.3 Å². The molecule has 0 aliphatic rings. The van der Waals surface area contributed by atoms with Crippen LogP contribution in [-0.2, 0) is 0 Å². The molecule has 0 spiro atoms. The third kappa shape index (κ3) is 3.00. The zero-order valence-electron chi connectivity index (χ0n) is 9.45. The quantitative estimate of drug-likeness (QED) is 0.893. The van der Waals surface area contributed by atoms with Gasteiger partial charge in [-0.3, -0.25) is 0 Å². The lowest BCUT2D eigenvalue weighted by Crippen LogP contribution is -1.98. The Morgan fingerprint density at radius 2 is 1.79 bits per heavy atom. The molecule has 0 bridgehead atoms. The summed E-state index contributed by atoms with van der Waals surface area (Å²) in [6.07, 6.45) is 0. The fraction of sp³-hybridized carbons (Fsp3) is 0. The van der Waals surface area contributed by atoms with Crippen LogP contribution in [0.25, 0.3) is 0 Å². The standard InChI is InChI=1S/C13H8ClF2NO2/c14-10-5-8(15)6-11(16)12(10)17-9-3-1-7(2-4-9)13(18)19/h1-6,17H,(H,18,19). The number of carboxylic acid groups (broad SMARTS) is 1. The van der Waals surface area contributed by atoms with Gasteiger partial charge in [-0.2, -0.15) is 0 Å². The molecule has 0 heterocycles. The highest BCUT2D eigenvalue weighted by Gasteiger charge is 2.10. The van der Waals surface area contributed by atoms with Gasteiger partial charge in [-0.05, 0) is 30.3 Å². The second-order valence-corrected chi connectivity index (χ2v) is 4.16. The van der Waals surface area contributed by atoms with Crippen LogP contribution in [0.1, 0.15) is 10.4 Å². The first-order chi connectivity index (χ1) is 8.97. The van der Waals surface area contributed by atoms with Crippen LogP contribution >= 0.6 is 11.6 Å². The van der Waals surface area contributed by atoms with Gasteiger partial charge in [0.25, 0.3) is 0 Å². The van der Waals surface area contributed by atoms with Gasteiger partial charge in [0, 0.05) is 11.8 Å². The van der Waals surface area contributed by atoms with Crippen LogP contribution < -0.4 is 5.32 Å². The van der Waals surface area contributed by atoms with Crippen molar-refractivity contribution in [1.29, 1.82) is 0 Å². The van der Waals surface area contributed by atoms with Gasteiger partial charge >= 0.3 is 5.97 Å². The molecule has 3 nitrogen and oxygen atoms in total. The lowest BCUT2D eigenvalue weighted by Gasteiger charge is -2.10. The third-order valence-corrected chi connectivity index (χ3v) is 2.71. The Morgan fingerprint density at radius 1 is 1.16 bits per heavy atom. The van der Waals surface area contributed by atoms with Crippen LogP contribution in [0.3, 0.4) is 0 Å². The molecule has 0 atom stereocenters. The predicted octanol–water partition coefficient (Wildman–Crippen LogP) is 4.06. The molecule has 0 radical (unpaired) electrons. The van der Waals surface area contributed by atoms with E-state index in [2.05, 4.69) is 5.32 Å². The highest BCUT2D eigenvalue weighted by molar-refractivity contribution is 6.33. The highest BCUT2D eigenvalue weighted by Crippen LogP contribution is 2.29. The minimum absolute atomic E-state index is 0.0638. The van der Waals surface area contributed by atoms with E-state index in [4.69, 9.17) is 16.7 Å². The normalized spacial score (nSPS) is 10.3. The maximum Gasteiger partial charge on any atom is 0.335 e. The second kappa shape index (κ2) is 5.24. The van der Waals surface area contributed by atoms with Gasteiger partial charge in [-0.1, -0.05) is 11.6 Å². The number of halogens is 3. The van der Waals surface area contributed by atoms with E-state index in [9.17, 15) is 13.6 Å². The fourth-order valence-corrected chi connectivity index (χ4v) is 1.74. The molecule has 0 amide bonds. The van der Waals surface area contributed by atoms with E-state index in [0.717, 1.165) is 6.07 Å². The Labute approximate surface area is 112 Å². The molecule has 19 heavy (non-hydrogen) atoms. The molecule has 0 unspecified atom stereocenters. The van der Waals surface area contributed by atoms with Crippen molar-refractivity contribution in [3.8, 4) is 0 Å². The number of aromatic carboxylic acids is 1. The van der Waals surface area contributed by atoms with Gasteiger partial charge < -0.3 is 10.4 Å². The van der Waals surface area contributed by atoms with Crippen molar-refractivity contribution in [2.75, 3.05) is 5.32 Å². The molecule has 2 N–H and O–H groups in total. The topological polar surface area (TPSA) is 49.3 Å². The maximum absolute atomic E-state index is 13.5. The summed E-state index contributed by atoms with van der Waals surface area (Å²) in [6.45, 7) is 0. The Balaban J connectivity index is 2.29. The van der Waals surface area contributed by atoms with E-state index in [0.29, 0.717) is 11.8 Å². The maximum atomic E-state index is 13.5. The van der Waals surface area contributed by atoms with Crippen molar-refractivity contribution < 1.29 is 18.7 Å². The summed E-state index contributed by atoms with van der Waals surface area (Å²) in [4.78, 5) is 10.7. The molecule has 2 aromatic carbocycles. The summed E-state index contributed by atoms with van der Waals surface area (Å²) in [7, 11) is 0. The summed E-state index contributed by atoms with van der Waals surface area (Å²) in [6, 6.07) is 7.34. The summed E-state index contributed by atoms with van der Waals surface area (Å²) >= 11 is 5.73. The van der Waals surface area contributed by atoms with Crippen LogP contribution in [-0.4, -0.2) is 11.1 Å². The summed E-state index contributed by atoms with van der Waals surface area (Å²) in [5, 5.41) is 11.3. The summed E-state index contributed by atoms with van der Waals surface area (Å²) in [5.41, 5.74) is 0.486. The molecule has 6 heteroatoms. The minimum atomic E-state index is -1.06. The first-order valence-corrected chi connectivity index (χ1v) is 5.60. The molecule has 2 aromatic rings. The number of anilines is 2. The first kappa shape index (κ1) is 13.3. The molecular weight excluding hydrogens is 276 g/mol. The molecule has 0 saturated heterocycles. The van der Waals surface area contributed by atoms with Crippen LogP contribution in [0.5, 0.6) is 0 Å². The van der Waals surface area contributed by atoms with E-state index in [1.54, 1.807) is 0 Å². The number of rotatable bonds is 3. The van der Waals surface area contributed by atoms with Gasteiger partial charge in [0.05, 0.1) is 16.3 Å². The van der Waals surface area contributed by atoms with Crippen LogP contribution in [0, 0.1) is 11.6 Å². The van der Waals surface area contributed by atoms with Crippen LogP contribution in [0.4, 0.5) is 20.2 Å². The van der Waals surface area contributed by atoms with E-state index < -0.39 is 17.6 Å². The summed E-state index contributed by atoms with van der Waals surface area (Å²) < 4.78 is 26.4. The molecule has 0 fully saturated rings. The average Bonchev–Trinajstić information content (AvgIpc) is 2.34. The van der Waals surface area contributed by atoms with Crippen molar-refractivity contribution in [2.24, 2.45) is 0 Å². The SMILES string of the molecule is O=C(O)c1ccc(Nc2c(F)cc(F)cc2Cl)cc1. The molecular formula is C13H8ClF2NO2. The predicted molar refractivity (Wildman–Crippen MR) is 68.1 cm³/mol. The van der Waals surface area contributed by atoms with Crippen molar-refractivity contribution in [3.05, 3.63) is 58.6 Å². The Bertz CT molecular complexity index is 606. The summed E-state index contributed by atoms with van der Waals surface area (Å²) in [5.74, 6) is -2.65. The molecule has 0 aromatic heterocycles. The molecule has 98 valence electrons. The zero-order chi connectivity index (χ0) is 14.0. The van der Waals surface area contributed by atoms with Crippen LogP contribution in [0.15, 0.2) is 36.4 Å². The second-order valence-electron chi connectivity index (χ2n) is 3.75. The largest absolute Gasteiger partial charge is 0.478 e. The van der Waals surface area contributed by atoms with Gasteiger partial charge in [-0.15, -0.1) is 0 Å².